The Hall–Kier alpha value is -2.66. The van der Waals surface area contributed by atoms with Crippen molar-refractivity contribution in [1.82, 2.24) is 9.55 Å². The minimum atomic E-state index is -2.48. The molecular weight excluding hydrogens is 587 g/mol. The van der Waals surface area contributed by atoms with Crippen LogP contribution in [0, 0.1) is 0 Å². The molecule has 198 valence electrons. The van der Waals surface area contributed by atoms with Gasteiger partial charge in [0.25, 0.3) is 0 Å². The zero-order chi connectivity index (χ0) is 26.4. The molecule has 5 heterocycles. The van der Waals surface area contributed by atoms with E-state index in [1.54, 1.807) is 17.6 Å². The number of pyridine rings is 2. The van der Waals surface area contributed by atoms with Crippen LogP contribution in [-0.4, -0.2) is 58.0 Å². The molecule has 1 N–H and O–H groups in total. The number of aromatic nitrogens is 2. The number of nitrogens with zero attached hydrogens (tertiary/aromatic N) is 2. The number of esters is 1. The Morgan fingerprint density at radius 2 is 1.78 bits per heavy atom. The van der Waals surface area contributed by atoms with E-state index >= 15 is 0 Å². The first-order valence-electron chi connectivity index (χ1n) is 12.5. The SMILES string of the molecule is CC[C@@]1(O)CC(=O)Oc2c1cc1n(c2=O)Cc2c-1nc1cc3c(cc1c2CCI(C)(C)(C)C)OCCO3. The Kier molecular flexibility index (Phi) is 5.28. The van der Waals surface area contributed by atoms with Gasteiger partial charge in [0.1, 0.15) is 0 Å². The van der Waals surface area contributed by atoms with E-state index in [0.717, 1.165) is 33.0 Å². The van der Waals surface area contributed by atoms with Gasteiger partial charge >= 0.3 is 217 Å². The van der Waals surface area contributed by atoms with E-state index < -0.39 is 34.2 Å². The molecule has 0 saturated carbocycles. The molecule has 0 aliphatic carbocycles. The first-order valence-corrected chi connectivity index (χ1v) is 22.6. The van der Waals surface area contributed by atoms with E-state index in [-0.39, 0.29) is 12.2 Å². The Labute approximate surface area is 216 Å². The predicted molar refractivity (Wildman–Crippen MR) is 152 cm³/mol. The summed E-state index contributed by atoms with van der Waals surface area (Å²) in [6.07, 6.45) is 0.979. The van der Waals surface area contributed by atoms with Gasteiger partial charge in [-0.3, -0.25) is 0 Å². The Balaban J connectivity index is 1.60. The predicted octanol–water partition coefficient (Wildman–Crippen LogP) is 3.74. The number of alkyl halides is 5. The summed E-state index contributed by atoms with van der Waals surface area (Å²) in [5.41, 5.74) is 2.85. The molecule has 1 atom stereocenters. The van der Waals surface area contributed by atoms with Gasteiger partial charge in [-0.2, -0.15) is 0 Å². The van der Waals surface area contributed by atoms with Crippen LogP contribution in [0.5, 0.6) is 17.2 Å². The molecule has 0 spiro atoms. The fraction of sp³-hybridized carbons (Fsp3) is 0.464. The molecule has 3 aromatic rings. The monoisotopic (exact) mass is 620 g/mol. The second-order valence-electron chi connectivity index (χ2n) is 11.9. The topological polar surface area (TPSA) is 99.9 Å². The van der Waals surface area contributed by atoms with Crippen molar-refractivity contribution in [1.29, 1.82) is 0 Å². The van der Waals surface area contributed by atoms with Crippen molar-refractivity contribution in [2.24, 2.45) is 0 Å². The van der Waals surface area contributed by atoms with Gasteiger partial charge < -0.3 is 0 Å². The average Bonchev–Trinajstić information content (AvgIpc) is 3.19. The van der Waals surface area contributed by atoms with E-state index in [0.29, 0.717) is 48.9 Å². The van der Waals surface area contributed by atoms with Crippen LogP contribution in [0.2, 0.25) is 0 Å². The number of fused-ring (bicyclic) bond motifs is 6. The molecule has 0 unspecified atom stereocenters. The van der Waals surface area contributed by atoms with Crippen molar-refractivity contribution in [3.63, 3.8) is 0 Å². The number of ether oxygens (including phenoxy) is 3. The fourth-order valence-electron chi connectivity index (χ4n) is 5.43. The number of halogens is 1. The van der Waals surface area contributed by atoms with E-state index in [4.69, 9.17) is 19.2 Å². The van der Waals surface area contributed by atoms with Gasteiger partial charge in [0.05, 0.1) is 0 Å². The van der Waals surface area contributed by atoms with Crippen molar-refractivity contribution in [3.8, 4) is 28.6 Å². The number of benzene rings is 1. The number of hydrogen-bond donors (Lipinski definition) is 1. The Morgan fingerprint density at radius 3 is 2.46 bits per heavy atom. The molecule has 1 aromatic carbocycles. The molecular formula is C28H33IN2O6. The van der Waals surface area contributed by atoms with Gasteiger partial charge in [0.2, 0.25) is 0 Å². The average molecular weight is 620 g/mol. The number of carbonyl (C=O) groups is 1. The summed E-state index contributed by atoms with van der Waals surface area (Å²) in [4.78, 5) is 40.6. The third kappa shape index (κ3) is 4.10. The molecule has 6 rings (SSSR count). The summed E-state index contributed by atoms with van der Waals surface area (Å²) in [6.45, 7) is 3.14. The zero-order valence-corrected chi connectivity index (χ0v) is 24.1. The molecule has 0 amide bonds. The molecule has 0 bridgehead atoms. The third-order valence-electron chi connectivity index (χ3n) is 7.52. The van der Waals surface area contributed by atoms with Crippen LogP contribution < -0.4 is 19.8 Å². The van der Waals surface area contributed by atoms with Gasteiger partial charge in [-0.15, -0.1) is 0 Å². The maximum atomic E-state index is 13.6. The first kappa shape index (κ1) is 24.7. The van der Waals surface area contributed by atoms with Gasteiger partial charge in [-0.1, -0.05) is 0 Å². The number of carbonyl (C=O) groups excluding carboxylic acids is 1. The van der Waals surface area contributed by atoms with E-state index in [1.807, 2.05) is 12.1 Å². The Bertz CT molecular complexity index is 1560. The standard InChI is InChI=1S/C28H33IN2O6/c1-6-28(34)14-24(32)37-26-19(28)12-21-25-18(15-31(21)27(26)33)16(7-8-29(2,3,4)5)17-11-22-23(13-20(17)30-25)36-10-9-35-22/h11-13,34H,6-10,14-15H2,1-5H3/t28-/m1/s1. The normalized spacial score (nSPS) is 21.0. The van der Waals surface area contributed by atoms with Crippen molar-refractivity contribution in [2.45, 2.75) is 38.3 Å². The quantitative estimate of drug-likeness (QED) is 0.211. The molecule has 2 aromatic heterocycles. The van der Waals surface area contributed by atoms with Crippen LogP contribution in [0.4, 0.5) is 0 Å². The molecule has 0 radical (unpaired) electrons. The summed E-state index contributed by atoms with van der Waals surface area (Å²) < 4.78 is 19.8. The first-order chi connectivity index (χ1) is 17.3. The molecule has 3 aliphatic rings. The molecule has 9 heteroatoms. The van der Waals surface area contributed by atoms with E-state index in [2.05, 4.69) is 19.7 Å². The van der Waals surface area contributed by atoms with E-state index in [1.165, 1.54) is 5.56 Å². The second-order valence-corrected chi connectivity index (χ2v) is 32.0. The van der Waals surface area contributed by atoms with E-state index in [9.17, 15) is 14.7 Å². The maximum absolute atomic E-state index is 13.6. The van der Waals surface area contributed by atoms with Crippen LogP contribution in [0.25, 0.3) is 22.3 Å². The zero-order valence-electron chi connectivity index (χ0n) is 21.9. The summed E-state index contributed by atoms with van der Waals surface area (Å²) >= 11 is -2.48. The molecule has 37 heavy (non-hydrogen) atoms. The molecule has 8 nitrogen and oxygen atoms in total. The van der Waals surface area contributed by atoms with Gasteiger partial charge in [0.15, 0.2) is 0 Å². The summed E-state index contributed by atoms with van der Waals surface area (Å²) in [5.74, 6) is 0.724. The number of aliphatic hydroxyl groups is 1. The number of rotatable bonds is 4. The molecule has 0 fully saturated rings. The van der Waals surface area contributed by atoms with Gasteiger partial charge in [-0.05, 0) is 0 Å². The summed E-state index contributed by atoms with van der Waals surface area (Å²) in [7, 11) is 0. The second kappa shape index (κ2) is 7.92. The number of aryl methyl sites for hydroxylation is 1. The fourth-order valence-corrected chi connectivity index (χ4v) is 8.13. The van der Waals surface area contributed by atoms with Gasteiger partial charge in [-0.25, -0.2) is 0 Å². The summed E-state index contributed by atoms with van der Waals surface area (Å²) in [6, 6.07) is 5.75. The van der Waals surface area contributed by atoms with Crippen molar-refractivity contribution >= 4 is 33.9 Å². The van der Waals surface area contributed by atoms with Crippen LogP contribution in [0.3, 0.4) is 0 Å². The molecule has 0 saturated heterocycles. The van der Waals surface area contributed by atoms with Crippen molar-refractivity contribution in [2.75, 3.05) is 37.4 Å². The summed E-state index contributed by atoms with van der Waals surface area (Å²) in [5, 5.41) is 12.3. The number of hydrogen-bond acceptors (Lipinski definition) is 7. The van der Waals surface area contributed by atoms with Crippen LogP contribution in [0.1, 0.15) is 36.5 Å². The van der Waals surface area contributed by atoms with Crippen LogP contribution in [-0.2, 0) is 23.4 Å². The van der Waals surface area contributed by atoms with Crippen molar-refractivity contribution < 1.29 is 24.1 Å². The minimum absolute atomic E-state index is 0.0716. The third-order valence-corrected chi connectivity index (χ3v) is 12.4. The molecule has 3 aliphatic heterocycles. The van der Waals surface area contributed by atoms with Crippen molar-refractivity contribution in [3.05, 3.63) is 45.2 Å². The van der Waals surface area contributed by atoms with Gasteiger partial charge in [0, 0.05) is 0 Å². The van der Waals surface area contributed by atoms with Crippen LogP contribution >= 0.6 is 17.0 Å². The van der Waals surface area contributed by atoms with Crippen LogP contribution in [0.15, 0.2) is 23.0 Å². The Morgan fingerprint density at radius 1 is 1.08 bits per heavy atom.